The van der Waals surface area contributed by atoms with Crippen LogP contribution in [-0.4, -0.2) is 33.8 Å². The van der Waals surface area contributed by atoms with E-state index < -0.39 is 0 Å². The Morgan fingerprint density at radius 2 is 1.91 bits per heavy atom. The van der Waals surface area contributed by atoms with Crippen molar-refractivity contribution in [2.24, 2.45) is 0 Å². The van der Waals surface area contributed by atoms with Crippen LogP contribution in [0.3, 0.4) is 0 Å². The van der Waals surface area contributed by atoms with E-state index in [0.717, 1.165) is 24.2 Å². The SMILES string of the molecule is CCCc1nc2nc(-c3ccc(OC)c(OC)c3)cc(=O)n2[nH]1. The van der Waals surface area contributed by atoms with Crippen molar-refractivity contribution in [3.05, 3.63) is 40.4 Å². The van der Waals surface area contributed by atoms with Gasteiger partial charge in [-0.1, -0.05) is 6.92 Å². The number of fused-ring (bicyclic) bond motifs is 1. The van der Waals surface area contributed by atoms with Gasteiger partial charge in [0.1, 0.15) is 5.82 Å². The van der Waals surface area contributed by atoms with Crippen LogP contribution in [0, 0.1) is 0 Å². The molecule has 3 rings (SSSR count). The zero-order chi connectivity index (χ0) is 16.4. The maximum atomic E-state index is 12.3. The van der Waals surface area contributed by atoms with Crippen molar-refractivity contribution in [1.82, 2.24) is 19.6 Å². The number of aryl methyl sites for hydroxylation is 1. The van der Waals surface area contributed by atoms with Gasteiger partial charge < -0.3 is 9.47 Å². The lowest BCUT2D eigenvalue weighted by molar-refractivity contribution is 0.355. The Hall–Kier alpha value is -2.83. The minimum Gasteiger partial charge on any atom is -0.493 e. The van der Waals surface area contributed by atoms with Crippen LogP contribution < -0.4 is 15.0 Å². The van der Waals surface area contributed by atoms with Crippen LogP contribution in [0.1, 0.15) is 19.2 Å². The Morgan fingerprint density at radius 3 is 2.61 bits per heavy atom. The molecular weight excluding hydrogens is 296 g/mol. The molecule has 0 saturated heterocycles. The molecule has 0 aliphatic heterocycles. The number of hydrogen-bond donors (Lipinski definition) is 1. The number of H-pyrrole nitrogens is 1. The quantitative estimate of drug-likeness (QED) is 0.779. The van der Waals surface area contributed by atoms with Crippen LogP contribution in [0.15, 0.2) is 29.1 Å². The molecule has 0 aliphatic carbocycles. The van der Waals surface area contributed by atoms with Crippen LogP contribution >= 0.6 is 0 Å². The first-order chi connectivity index (χ1) is 11.2. The number of rotatable bonds is 5. The van der Waals surface area contributed by atoms with Gasteiger partial charge in [-0.3, -0.25) is 9.89 Å². The third kappa shape index (κ3) is 2.77. The molecule has 0 radical (unpaired) electrons. The Bertz CT molecular complexity index is 898. The second kappa shape index (κ2) is 6.12. The summed E-state index contributed by atoms with van der Waals surface area (Å²) in [7, 11) is 3.14. The maximum Gasteiger partial charge on any atom is 0.274 e. The zero-order valence-corrected chi connectivity index (χ0v) is 13.3. The van der Waals surface area contributed by atoms with Crippen LogP contribution in [0.4, 0.5) is 0 Å². The zero-order valence-electron chi connectivity index (χ0n) is 13.3. The van der Waals surface area contributed by atoms with Gasteiger partial charge in [-0.15, -0.1) is 0 Å². The minimum absolute atomic E-state index is 0.199. The highest BCUT2D eigenvalue weighted by Gasteiger charge is 2.11. The summed E-state index contributed by atoms with van der Waals surface area (Å²) in [4.78, 5) is 21.1. The number of nitrogens with zero attached hydrogens (tertiary/aromatic N) is 3. The Labute approximate surface area is 132 Å². The summed E-state index contributed by atoms with van der Waals surface area (Å²) in [5, 5.41) is 2.97. The Morgan fingerprint density at radius 1 is 1.13 bits per heavy atom. The van der Waals surface area contributed by atoms with E-state index in [0.29, 0.717) is 23.0 Å². The summed E-state index contributed by atoms with van der Waals surface area (Å²) >= 11 is 0. The number of ether oxygens (including phenoxy) is 2. The molecule has 0 amide bonds. The molecule has 0 spiro atoms. The fourth-order valence-electron chi connectivity index (χ4n) is 2.42. The molecule has 0 unspecified atom stereocenters. The average Bonchev–Trinajstić information content (AvgIpc) is 2.97. The predicted molar refractivity (Wildman–Crippen MR) is 86.1 cm³/mol. The summed E-state index contributed by atoms with van der Waals surface area (Å²) in [6.07, 6.45) is 1.71. The lowest BCUT2D eigenvalue weighted by Crippen LogP contribution is -2.14. The Balaban J connectivity index is 2.11. The van der Waals surface area contributed by atoms with E-state index in [1.54, 1.807) is 26.4 Å². The van der Waals surface area contributed by atoms with Crippen molar-refractivity contribution in [3.8, 4) is 22.8 Å². The highest BCUT2D eigenvalue weighted by molar-refractivity contribution is 5.64. The number of benzene rings is 1. The van der Waals surface area contributed by atoms with Gasteiger partial charge in [0.25, 0.3) is 11.3 Å². The highest BCUT2D eigenvalue weighted by Crippen LogP contribution is 2.31. The van der Waals surface area contributed by atoms with Crippen LogP contribution in [0.5, 0.6) is 11.5 Å². The molecule has 2 aromatic heterocycles. The predicted octanol–water partition coefficient (Wildman–Crippen LogP) is 2.05. The first kappa shape index (κ1) is 15.1. The summed E-state index contributed by atoms with van der Waals surface area (Å²) < 4.78 is 11.9. The summed E-state index contributed by atoms with van der Waals surface area (Å²) in [6, 6.07) is 6.88. The van der Waals surface area contributed by atoms with Crippen molar-refractivity contribution >= 4 is 5.78 Å². The minimum atomic E-state index is -0.199. The molecule has 23 heavy (non-hydrogen) atoms. The van der Waals surface area contributed by atoms with Gasteiger partial charge in [0.15, 0.2) is 11.5 Å². The molecule has 0 fully saturated rings. The molecule has 120 valence electrons. The van der Waals surface area contributed by atoms with Crippen LogP contribution in [-0.2, 0) is 6.42 Å². The second-order valence-corrected chi connectivity index (χ2v) is 5.11. The van der Waals surface area contributed by atoms with E-state index in [9.17, 15) is 4.79 Å². The van der Waals surface area contributed by atoms with Crippen LogP contribution in [0.25, 0.3) is 17.0 Å². The van der Waals surface area contributed by atoms with E-state index in [1.165, 1.54) is 10.6 Å². The highest BCUT2D eigenvalue weighted by atomic mass is 16.5. The second-order valence-electron chi connectivity index (χ2n) is 5.11. The van der Waals surface area contributed by atoms with Crippen molar-refractivity contribution in [2.45, 2.75) is 19.8 Å². The fraction of sp³-hybridized carbons (Fsp3) is 0.312. The molecule has 1 N–H and O–H groups in total. The van der Waals surface area contributed by atoms with E-state index in [2.05, 4.69) is 22.0 Å². The van der Waals surface area contributed by atoms with Gasteiger partial charge in [0.2, 0.25) is 0 Å². The third-order valence-corrected chi connectivity index (χ3v) is 3.54. The first-order valence-electron chi connectivity index (χ1n) is 7.37. The monoisotopic (exact) mass is 314 g/mol. The lowest BCUT2D eigenvalue weighted by atomic mass is 10.1. The largest absolute Gasteiger partial charge is 0.493 e. The van der Waals surface area contributed by atoms with Crippen molar-refractivity contribution in [2.75, 3.05) is 14.2 Å². The van der Waals surface area contributed by atoms with E-state index in [-0.39, 0.29) is 5.56 Å². The normalized spacial score (nSPS) is 10.9. The Kier molecular flexibility index (Phi) is 4.01. The van der Waals surface area contributed by atoms with Gasteiger partial charge in [-0.2, -0.15) is 9.50 Å². The van der Waals surface area contributed by atoms with Crippen molar-refractivity contribution in [1.29, 1.82) is 0 Å². The average molecular weight is 314 g/mol. The van der Waals surface area contributed by atoms with Crippen LogP contribution in [0.2, 0.25) is 0 Å². The molecule has 0 atom stereocenters. The van der Waals surface area contributed by atoms with E-state index in [4.69, 9.17) is 9.47 Å². The van der Waals surface area contributed by atoms with Gasteiger partial charge in [0, 0.05) is 18.1 Å². The van der Waals surface area contributed by atoms with Crippen molar-refractivity contribution < 1.29 is 9.47 Å². The summed E-state index contributed by atoms with van der Waals surface area (Å²) in [5.74, 6) is 2.33. The lowest BCUT2D eigenvalue weighted by Gasteiger charge is -2.09. The standard InChI is InChI=1S/C16H18N4O3/c1-4-5-14-18-16-17-11(9-15(21)20(16)19-14)10-6-7-12(22-2)13(8-10)23-3/h6-9H,4-5H2,1-3H3,(H,17,18,19). The van der Waals surface area contributed by atoms with E-state index in [1.807, 2.05) is 6.07 Å². The van der Waals surface area contributed by atoms with Gasteiger partial charge in [-0.05, 0) is 24.6 Å². The summed E-state index contributed by atoms with van der Waals surface area (Å²) in [5.41, 5.74) is 1.11. The topological polar surface area (TPSA) is 81.5 Å². The van der Waals surface area contributed by atoms with Gasteiger partial charge in [-0.25, -0.2) is 4.98 Å². The fourth-order valence-corrected chi connectivity index (χ4v) is 2.42. The smallest absolute Gasteiger partial charge is 0.274 e. The molecule has 1 aromatic carbocycles. The third-order valence-electron chi connectivity index (χ3n) is 3.54. The molecule has 7 nitrogen and oxygen atoms in total. The number of methoxy groups -OCH3 is 2. The molecule has 3 aromatic rings. The summed E-state index contributed by atoms with van der Waals surface area (Å²) in [6.45, 7) is 2.05. The molecule has 2 heterocycles. The number of aromatic amines is 1. The number of aromatic nitrogens is 4. The number of nitrogens with one attached hydrogen (secondary N) is 1. The molecule has 7 heteroatoms. The molecule has 0 aliphatic rings. The van der Waals surface area contributed by atoms with E-state index >= 15 is 0 Å². The van der Waals surface area contributed by atoms with Gasteiger partial charge >= 0.3 is 0 Å². The maximum absolute atomic E-state index is 12.3. The first-order valence-corrected chi connectivity index (χ1v) is 7.37. The number of hydrogen-bond acceptors (Lipinski definition) is 5. The molecule has 0 bridgehead atoms. The van der Waals surface area contributed by atoms with Crippen molar-refractivity contribution in [3.63, 3.8) is 0 Å². The van der Waals surface area contributed by atoms with Gasteiger partial charge in [0.05, 0.1) is 19.9 Å². The molecule has 0 saturated carbocycles. The molecular formula is C16H18N4O3.